The number of amides is 2. The van der Waals surface area contributed by atoms with Gasteiger partial charge in [-0.2, -0.15) is 0 Å². The van der Waals surface area contributed by atoms with Crippen molar-refractivity contribution in [3.05, 3.63) is 54.4 Å². The van der Waals surface area contributed by atoms with Crippen LogP contribution in [0.3, 0.4) is 0 Å². The molecule has 2 amide bonds. The second kappa shape index (κ2) is 11.9. The highest BCUT2D eigenvalue weighted by Gasteiger charge is 2.16. The predicted octanol–water partition coefficient (Wildman–Crippen LogP) is 3.62. The number of methoxy groups -OCH3 is 1. The Labute approximate surface area is 196 Å². The third-order valence-corrected chi connectivity index (χ3v) is 5.56. The first kappa shape index (κ1) is 24.1. The van der Waals surface area contributed by atoms with Gasteiger partial charge in [0.15, 0.2) is 5.16 Å². The topological polar surface area (TPSA) is 107 Å². The van der Waals surface area contributed by atoms with E-state index in [2.05, 4.69) is 20.8 Å². The van der Waals surface area contributed by atoms with Gasteiger partial charge in [-0.1, -0.05) is 23.9 Å². The maximum atomic E-state index is 12.5. The molecule has 9 nitrogen and oxygen atoms in total. The second-order valence-electron chi connectivity index (χ2n) is 6.86. The normalized spacial score (nSPS) is 10.5. The summed E-state index contributed by atoms with van der Waals surface area (Å²) in [6, 6.07) is 14.4. The number of carbonyl (C=O) groups is 2. The lowest BCUT2D eigenvalue weighted by Gasteiger charge is -2.11. The van der Waals surface area contributed by atoms with E-state index >= 15 is 0 Å². The lowest BCUT2D eigenvalue weighted by atomic mass is 10.3. The van der Waals surface area contributed by atoms with Crippen LogP contribution in [0.25, 0.3) is 0 Å². The largest absolute Gasteiger partial charge is 0.497 e. The van der Waals surface area contributed by atoms with Crippen molar-refractivity contribution in [3.8, 4) is 11.5 Å². The highest BCUT2D eigenvalue weighted by molar-refractivity contribution is 7.99. The fourth-order valence-corrected chi connectivity index (χ4v) is 3.89. The van der Waals surface area contributed by atoms with Crippen LogP contribution in [0.1, 0.15) is 19.7 Å². The lowest BCUT2D eigenvalue weighted by molar-refractivity contribution is -0.116. The van der Waals surface area contributed by atoms with Gasteiger partial charge in [0.05, 0.1) is 31.6 Å². The van der Waals surface area contributed by atoms with Crippen LogP contribution in [0, 0.1) is 0 Å². The van der Waals surface area contributed by atoms with Crippen molar-refractivity contribution < 1.29 is 19.1 Å². The van der Waals surface area contributed by atoms with Crippen LogP contribution in [0.15, 0.2) is 53.7 Å². The van der Waals surface area contributed by atoms with Gasteiger partial charge >= 0.3 is 0 Å². The monoisotopic (exact) mass is 469 g/mol. The molecule has 2 N–H and O–H groups in total. The molecule has 1 heterocycles. The zero-order valence-electron chi connectivity index (χ0n) is 18.8. The van der Waals surface area contributed by atoms with Gasteiger partial charge < -0.3 is 24.7 Å². The maximum Gasteiger partial charge on any atom is 0.234 e. The SMILES string of the molecule is CCOc1ccccc1NC(=O)CSc1nnc(CC(=O)Nc2ccc(OC)cc2)n1CC. The molecule has 33 heavy (non-hydrogen) atoms. The lowest BCUT2D eigenvalue weighted by Crippen LogP contribution is -2.18. The molecule has 1 aromatic heterocycles. The third-order valence-electron chi connectivity index (χ3n) is 4.60. The molecular formula is C23H27N5O4S. The summed E-state index contributed by atoms with van der Waals surface area (Å²) in [7, 11) is 1.59. The molecule has 0 radical (unpaired) electrons. The summed E-state index contributed by atoms with van der Waals surface area (Å²) in [5.74, 6) is 1.64. The first-order valence-electron chi connectivity index (χ1n) is 10.5. The van der Waals surface area contributed by atoms with Crippen LogP contribution < -0.4 is 20.1 Å². The average Bonchev–Trinajstić information content (AvgIpc) is 3.20. The molecular weight excluding hydrogens is 442 g/mol. The zero-order chi connectivity index (χ0) is 23.6. The van der Waals surface area contributed by atoms with Gasteiger partial charge in [0.25, 0.3) is 0 Å². The smallest absolute Gasteiger partial charge is 0.234 e. The van der Waals surface area contributed by atoms with Crippen molar-refractivity contribution in [3.63, 3.8) is 0 Å². The number of aromatic nitrogens is 3. The molecule has 0 aliphatic rings. The van der Waals surface area contributed by atoms with Crippen molar-refractivity contribution in [2.24, 2.45) is 0 Å². The fraction of sp³-hybridized carbons (Fsp3) is 0.304. The predicted molar refractivity (Wildman–Crippen MR) is 128 cm³/mol. The summed E-state index contributed by atoms with van der Waals surface area (Å²) in [6.45, 7) is 4.92. The van der Waals surface area contributed by atoms with E-state index in [1.807, 2.05) is 36.6 Å². The fourth-order valence-electron chi connectivity index (χ4n) is 3.07. The number of thioether (sulfide) groups is 1. The van der Waals surface area contributed by atoms with E-state index in [-0.39, 0.29) is 24.0 Å². The maximum absolute atomic E-state index is 12.5. The second-order valence-corrected chi connectivity index (χ2v) is 7.81. The summed E-state index contributed by atoms with van der Waals surface area (Å²) in [5.41, 5.74) is 1.29. The Balaban J connectivity index is 1.57. The van der Waals surface area contributed by atoms with Gasteiger partial charge in [-0.3, -0.25) is 9.59 Å². The first-order chi connectivity index (χ1) is 16.0. The van der Waals surface area contributed by atoms with Gasteiger partial charge in [0, 0.05) is 12.2 Å². The summed E-state index contributed by atoms with van der Waals surface area (Å²) >= 11 is 1.27. The molecule has 0 spiro atoms. The van der Waals surface area contributed by atoms with Crippen molar-refractivity contribution in [1.82, 2.24) is 14.8 Å². The highest BCUT2D eigenvalue weighted by atomic mass is 32.2. The van der Waals surface area contributed by atoms with Crippen LogP contribution in [-0.2, 0) is 22.6 Å². The standard InChI is InChI=1S/C23H27N5O4S/c1-4-28-20(14-21(29)24-16-10-12-17(31-3)13-11-16)26-27-23(28)33-15-22(30)25-18-8-6-7-9-19(18)32-5-2/h6-13H,4-5,14-15H2,1-3H3,(H,24,29)(H,25,30). The molecule has 174 valence electrons. The van der Waals surface area contributed by atoms with Gasteiger partial charge in [0.1, 0.15) is 17.3 Å². The minimum atomic E-state index is -0.205. The Morgan fingerprint density at radius 1 is 1.00 bits per heavy atom. The van der Waals surface area contributed by atoms with Crippen molar-refractivity contribution in [1.29, 1.82) is 0 Å². The van der Waals surface area contributed by atoms with E-state index in [0.29, 0.717) is 47.0 Å². The Hall–Kier alpha value is -3.53. The quantitative estimate of drug-likeness (QED) is 0.413. The number of nitrogens with one attached hydrogen (secondary N) is 2. The van der Waals surface area contributed by atoms with Gasteiger partial charge in [0.2, 0.25) is 11.8 Å². The molecule has 0 aliphatic carbocycles. The molecule has 0 aliphatic heterocycles. The van der Waals surface area contributed by atoms with Crippen LogP contribution in [-0.4, -0.2) is 46.0 Å². The van der Waals surface area contributed by atoms with E-state index in [9.17, 15) is 9.59 Å². The Bertz CT molecular complexity index is 1080. The molecule has 3 rings (SSSR count). The number of anilines is 2. The van der Waals surface area contributed by atoms with Gasteiger partial charge in [-0.05, 0) is 50.2 Å². The summed E-state index contributed by atoms with van der Waals surface area (Å²) in [6.07, 6.45) is 0.0708. The van der Waals surface area contributed by atoms with Crippen molar-refractivity contribution in [2.45, 2.75) is 32.0 Å². The summed E-state index contributed by atoms with van der Waals surface area (Å²) in [4.78, 5) is 24.9. The molecule has 0 saturated heterocycles. The molecule has 0 bridgehead atoms. The van der Waals surface area contributed by atoms with Crippen molar-refractivity contribution >= 4 is 35.0 Å². The Kier molecular flexibility index (Phi) is 8.71. The number of nitrogens with zero attached hydrogens (tertiary/aromatic N) is 3. The minimum Gasteiger partial charge on any atom is -0.497 e. The summed E-state index contributed by atoms with van der Waals surface area (Å²) < 4.78 is 12.5. The Morgan fingerprint density at radius 2 is 1.76 bits per heavy atom. The first-order valence-corrected chi connectivity index (χ1v) is 11.5. The van der Waals surface area contributed by atoms with Crippen LogP contribution >= 0.6 is 11.8 Å². The number of hydrogen-bond donors (Lipinski definition) is 2. The number of ether oxygens (including phenoxy) is 2. The molecule has 0 unspecified atom stereocenters. The highest BCUT2D eigenvalue weighted by Crippen LogP contribution is 2.25. The molecule has 2 aromatic carbocycles. The third kappa shape index (κ3) is 6.72. The van der Waals surface area contributed by atoms with E-state index in [1.165, 1.54) is 11.8 Å². The number of rotatable bonds is 11. The number of hydrogen-bond acceptors (Lipinski definition) is 7. The minimum absolute atomic E-state index is 0.0708. The van der Waals surface area contributed by atoms with Gasteiger partial charge in [-0.25, -0.2) is 0 Å². The van der Waals surface area contributed by atoms with Gasteiger partial charge in [-0.15, -0.1) is 10.2 Å². The van der Waals surface area contributed by atoms with E-state index in [0.717, 1.165) is 0 Å². The Morgan fingerprint density at radius 3 is 2.45 bits per heavy atom. The van der Waals surface area contributed by atoms with E-state index < -0.39 is 0 Å². The molecule has 10 heteroatoms. The molecule has 0 fully saturated rings. The van der Waals surface area contributed by atoms with Crippen LogP contribution in [0.4, 0.5) is 11.4 Å². The number of para-hydroxylation sites is 2. The molecule has 0 saturated carbocycles. The summed E-state index contributed by atoms with van der Waals surface area (Å²) in [5, 5.41) is 14.6. The molecule has 3 aromatic rings. The van der Waals surface area contributed by atoms with Crippen molar-refractivity contribution in [2.75, 3.05) is 30.1 Å². The number of carbonyl (C=O) groups excluding carboxylic acids is 2. The van der Waals surface area contributed by atoms with Crippen LogP contribution in [0.5, 0.6) is 11.5 Å². The van der Waals surface area contributed by atoms with E-state index in [4.69, 9.17) is 9.47 Å². The molecule has 0 atom stereocenters. The van der Waals surface area contributed by atoms with E-state index in [1.54, 1.807) is 37.4 Å². The number of benzene rings is 2. The van der Waals surface area contributed by atoms with Crippen LogP contribution in [0.2, 0.25) is 0 Å². The zero-order valence-corrected chi connectivity index (χ0v) is 19.6. The average molecular weight is 470 g/mol.